The monoisotopic (exact) mass is 254 g/mol. The van der Waals surface area contributed by atoms with E-state index in [1.165, 1.54) is 64.7 Å². The number of methoxy groups -OCH3 is 1. The van der Waals surface area contributed by atoms with Crippen molar-refractivity contribution in [3.63, 3.8) is 0 Å². The predicted molar refractivity (Wildman–Crippen MR) is 75.9 cm³/mol. The standard InChI is InChI=1S/C15H30N2O/c1-3-17-10-8-13(9-11-17)12-16-14-6-4-5-7-15(14)18-2/h13-16H,3-12H2,1-2H3. The summed E-state index contributed by atoms with van der Waals surface area (Å²) in [5, 5.41) is 3.78. The molecule has 3 nitrogen and oxygen atoms in total. The Kier molecular flexibility index (Phi) is 5.93. The van der Waals surface area contributed by atoms with Gasteiger partial charge in [0.05, 0.1) is 6.10 Å². The highest BCUT2D eigenvalue weighted by Gasteiger charge is 2.26. The molecular formula is C15H30N2O. The Labute approximate surface area is 112 Å². The third-order valence-electron chi connectivity index (χ3n) is 4.83. The van der Waals surface area contributed by atoms with Crippen LogP contribution < -0.4 is 5.32 Å². The average molecular weight is 254 g/mol. The Hall–Kier alpha value is -0.120. The van der Waals surface area contributed by atoms with Crippen LogP contribution in [0.3, 0.4) is 0 Å². The first-order chi connectivity index (χ1) is 8.83. The van der Waals surface area contributed by atoms with E-state index in [0.29, 0.717) is 12.1 Å². The van der Waals surface area contributed by atoms with Crippen molar-refractivity contribution in [2.45, 2.75) is 57.6 Å². The van der Waals surface area contributed by atoms with Gasteiger partial charge in [0.1, 0.15) is 0 Å². The van der Waals surface area contributed by atoms with Crippen LogP contribution in [0.25, 0.3) is 0 Å². The van der Waals surface area contributed by atoms with Gasteiger partial charge in [0.2, 0.25) is 0 Å². The molecule has 3 heteroatoms. The van der Waals surface area contributed by atoms with E-state index in [-0.39, 0.29) is 0 Å². The molecule has 1 N–H and O–H groups in total. The summed E-state index contributed by atoms with van der Waals surface area (Å²) in [6.07, 6.45) is 8.43. The molecule has 1 saturated heterocycles. The molecule has 0 aromatic rings. The molecule has 2 unspecified atom stereocenters. The summed E-state index contributed by atoms with van der Waals surface area (Å²) in [6.45, 7) is 7.27. The Morgan fingerprint density at radius 1 is 1.11 bits per heavy atom. The predicted octanol–water partition coefficient (Wildman–Crippen LogP) is 2.27. The molecule has 2 fully saturated rings. The van der Waals surface area contributed by atoms with E-state index in [1.807, 2.05) is 7.11 Å². The smallest absolute Gasteiger partial charge is 0.0724 e. The molecule has 0 amide bonds. The minimum Gasteiger partial charge on any atom is -0.380 e. The summed E-state index contributed by atoms with van der Waals surface area (Å²) in [4.78, 5) is 2.56. The van der Waals surface area contributed by atoms with Crippen molar-refractivity contribution < 1.29 is 4.74 Å². The quantitative estimate of drug-likeness (QED) is 0.814. The molecule has 0 bridgehead atoms. The minimum absolute atomic E-state index is 0.453. The van der Waals surface area contributed by atoms with E-state index in [2.05, 4.69) is 17.1 Å². The van der Waals surface area contributed by atoms with Gasteiger partial charge >= 0.3 is 0 Å². The van der Waals surface area contributed by atoms with Crippen LogP contribution in [-0.2, 0) is 4.74 Å². The van der Waals surface area contributed by atoms with E-state index >= 15 is 0 Å². The summed E-state index contributed by atoms with van der Waals surface area (Å²) < 4.78 is 5.61. The van der Waals surface area contributed by atoms with Gasteiger partial charge in [-0.05, 0) is 57.8 Å². The maximum absolute atomic E-state index is 5.61. The van der Waals surface area contributed by atoms with E-state index in [9.17, 15) is 0 Å². The first-order valence-electron chi connectivity index (χ1n) is 7.82. The molecule has 1 saturated carbocycles. The second-order valence-corrected chi connectivity index (χ2v) is 5.95. The molecule has 2 aliphatic rings. The van der Waals surface area contributed by atoms with Crippen molar-refractivity contribution in [3.8, 4) is 0 Å². The van der Waals surface area contributed by atoms with Crippen LogP contribution in [0.4, 0.5) is 0 Å². The molecule has 1 aliphatic carbocycles. The summed E-state index contributed by atoms with van der Waals surface area (Å²) >= 11 is 0. The second kappa shape index (κ2) is 7.46. The zero-order chi connectivity index (χ0) is 12.8. The molecule has 2 rings (SSSR count). The molecule has 106 valence electrons. The first-order valence-corrected chi connectivity index (χ1v) is 7.82. The fourth-order valence-corrected chi connectivity index (χ4v) is 3.44. The van der Waals surface area contributed by atoms with Crippen LogP contribution in [0.15, 0.2) is 0 Å². The van der Waals surface area contributed by atoms with E-state index in [4.69, 9.17) is 4.74 Å². The molecule has 2 atom stereocenters. The zero-order valence-corrected chi connectivity index (χ0v) is 12.2. The molecule has 0 aromatic carbocycles. The van der Waals surface area contributed by atoms with Crippen molar-refractivity contribution in [1.82, 2.24) is 10.2 Å². The largest absolute Gasteiger partial charge is 0.380 e. The van der Waals surface area contributed by atoms with Gasteiger partial charge in [0.25, 0.3) is 0 Å². The summed E-state index contributed by atoms with van der Waals surface area (Å²) in [6, 6.07) is 0.605. The molecule has 0 radical (unpaired) electrons. The van der Waals surface area contributed by atoms with Crippen LogP contribution in [0.5, 0.6) is 0 Å². The van der Waals surface area contributed by atoms with E-state index in [0.717, 1.165) is 5.92 Å². The van der Waals surface area contributed by atoms with Gasteiger partial charge < -0.3 is 15.0 Å². The topological polar surface area (TPSA) is 24.5 Å². The number of hydrogen-bond acceptors (Lipinski definition) is 3. The van der Waals surface area contributed by atoms with Gasteiger partial charge in [-0.3, -0.25) is 0 Å². The lowest BCUT2D eigenvalue weighted by molar-refractivity contribution is 0.0391. The molecule has 1 heterocycles. The van der Waals surface area contributed by atoms with E-state index < -0.39 is 0 Å². The van der Waals surface area contributed by atoms with Crippen LogP contribution in [0.1, 0.15) is 45.4 Å². The molecule has 0 aromatic heterocycles. The second-order valence-electron chi connectivity index (χ2n) is 5.95. The van der Waals surface area contributed by atoms with E-state index in [1.54, 1.807) is 0 Å². The van der Waals surface area contributed by atoms with Crippen LogP contribution >= 0.6 is 0 Å². The van der Waals surface area contributed by atoms with Gasteiger partial charge in [-0.1, -0.05) is 19.8 Å². The number of rotatable bonds is 5. The Morgan fingerprint density at radius 3 is 2.50 bits per heavy atom. The highest BCUT2D eigenvalue weighted by molar-refractivity contribution is 4.83. The number of nitrogens with one attached hydrogen (secondary N) is 1. The van der Waals surface area contributed by atoms with Crippen molar-refractivity contribution in [2.75, 3.05) is 33.3 Å². The van der Waals surface area contributed by atoms with Crippen molar-refractivity contribution in [2.24, 2.45) is 5.92 Å². The lowest BCUT2D eigenvalue weighted by Gasteiger charge is -2.35. The van der Waals surface area contributed by atoms with Crippen molar-refractivity contribution in [1.29, 1.82) is 0 Å². The Balaban J connectivity index is 1.67. The van der Waals surface area contributed by atoms with Crippen LogP contribution in [0.2, 0.25) is 0 Å². The molecule has 18 heavy (non-hydrogen) atoms. The number of ether oxygens (including phenoxy) is 1. The van der Waals surface area contributed by atoms with Crippen molar-refractivity contribution in [3.05, 3.63) is 0 Å². The lowest BCUT2D eigenvalue weighted by atomic mass is 9.91. The SMILES string of the molecule is CCN1CCC(CNC2CCCCC2OC)CC1. The summed E-state index contributed by atoms with van der Waals surface area (Å²) in [5.41, 5.74) is 0. The number of piperidine rings is 1. The molecule has 1 aliphatic heterocycles. The lowest BCUT2D eigenvalue weighted by Crippen LogP contribution is -2.46. The number of hydrogen-bond donors (Lipinski definition) is 1. The molecule has 0 spiro atoms. The number of likely N-dealkylation sites (tertiary alicyclic amines) is 1. The zero-order valence-electron chi connectivity index (χ0n) is 12.2. The van der Waals surface area contributed by atoms with Gasteiger partial charge in [-0.15, -0.1) is 0 Å². The third kappa shape index (κ3) is 3.94. The first kappa shape index (κ1) is 14.3. The Bertz CT molecular complexity index is 227. The number of nitrogens with zero attached hydrogens (tertiary/aromatic N) is 1. The summed E-state index contributed by atoms with van der Waals surface area (Å²) in [5.74, 6) is 0.882. The van der Waals surface area contributed by atoms with Gasteiger partial charge in [0.15, 0.2) is 0 Å². The van der Waals surface area contributed by atoms with Crippen molar-refractivity contribution >= 4 is 0 Å². The summed E-state index contributed by atoms with van der Waals surface area (Å²) in [7, 11) is 1.87. The fourth-order valence-electron chi connectivity index (χ4n) is 3.44. The minimum atomic E-state index is 0.453. The maximum Gasteiger partial charge on any atom is 0.0724 e. The van der Waals surface area contributed by atoms with Gasteiger partial charge in [0, 0.05) is 13.2 Å². The van der Waals surface area contributed by atoms with Crippen LogP contribution in [-0.4, -0.2) is 50.3 Å². The van der Waals surface area contributed by atoms with Gasteiger partial charge in [-0.25, -0.2) is 0 Å². The normalized spacial score (nSPS) is 31.7. The highest BCUT2D eigenvalue weighted by Crippen LogP contribution is 2.22. The Morgan fingerprint density at radius 2 is 1.83 bits per heavy atom. The average Bonchev–Trinajstić information content (AvgIpc) is 2.46. The third-order valence-corrected chi connectivity index (χ3v) is 4.83. The van der Waals surface area contributed by atoms with Gasteiger partial charge in [-0.2, -0.15) is 0 Å². The molecular weight excluding hydrogens is 224 g/mol. The highest BCUT2D eigenvalue weighted by atomic mass is 16.5. The van der Waals surface area contributed by atoms with Crippen LogP contribution in [0, 0.1) is 5.92 Å². The maximum atomic E-state index is 5.61. The fraction of sp³-hybridized carbons (Fsp3) is 1.00.